The van der Waals surface area contributed by atoms with Gasteiger partial charge in [0.25, 0.3) is 0 Å². The van der Waals surface area contributed by atoms with Gasteiger partial charge < -0.3 is 10.2 Å². The Bertz CT molecular complexity index is 785. The van der Waals surface area contributed by atoms with Crippen molar-refractivity contribution in [1.82, 2.24) is 14.5 Å². The number of amides is 1. The first kappa shape index (κ1) is 22.5. The molecule has 2 fully saturated rings. The van der Waals surface area contributed by atoms with Gasteiger partial charge in [-0.05, 0) is 75.4 Å². The molecule has 0 saturated carbocycles. The summed E-state index contributed by atoms with van der Waals surface area (Å²) in [6.07, 6.45) is 4.91. The van der Waals surface area contributed by atoms with Crippen LogP contribution < -0.4 is 5.32 Å². The zero-order valence-electron chi connectivity index (χ0n) is 17.1. The number of piperidine rings is 2. The average Bonchev–Trinajstić information content (AvgIpc) is 2.71. The highest BCUT2D eigenvalue weighted by atomic mass is 35.5. The molecule has 0 spiro atoms. The van der Waals surface area contributed by atoms with E-state index in [1.807, 2.05) is 0 Å². The van der Waals surface area contributed by atoms with Gasteiger partial charge in [0.05, 0.1) is 10.8 Å². The minimum atomic E-state index is -3.60. The lowest BCUT2D eigenvalue weighted by Crippen LogP contribution is -2.45. The summed E-state index contributed by atoms with van der Waals surface area (Å²) in [6.45, 7) is 6.92. The fourth-order valence-corrected chi connectivity index (χ4v) is 5.93. The number of likely N-dealkylation sites (tertiary alicyclic amines) is 1. The maximum Gasteiger partial charge on any atom is 0.243 e. The van der Waals surface area contributed by atoms with E-state index in [4.69, 9.17) is 11.6 Å². The summed E-state index contributed by atoms with van der Waals surface area (Å²) >= 11 is 5.86. The third-order valence-electron chi connectivity index (χ3n) is 5.90. The summed E-state index contributed by atoms with van der Waals surface area (Å²) < 4.78 is 27.2. The Morgan fingerprint density at radius 1 is 1.14 bits per heavy atom. The number of nitrogens with zero attached hydrogens (tertiary/aromatic N) is 2. The van der Waals surface area contributed by atoms with E-state index in [0.29, 0.717) is 24.5 Å². The van der Waals surface area contributed by atoms with Crippen molar-refractivity contribution in [1.29, 1.82) is 0 Å². The highest BCUT2D eigenvalue weighted by Gasteiger charge is 2.33. The number of nitrogens with one attached hydrogen (secondary N) is 1. The highest BCUT2D eigenvalue weighted by molar-refractivity contribution is 7.89. The Morgan fingerprint density at radius 3 is 2.59 bits per heavy atom. The van der Waals surface area contributed by atoms with E-state index >= 15 is 0 Å². The van der Waals surface area contributed by atoms with E-state index < -0.39 is 10.0 Å². The van der Waals surface area contributed by atoms with E-state index in [1.54, 1.807) is 12.1 Å². The smallest absolute Gasteiger partial charge is 0.243 e. The van der Waals surface area contributed by atoms with Gasteiger partial charge >= 0.3 is 0 Å². The lowest BCUT2D eigenvalue weighted by Gasteiger charge is -2.32. The van der Waals surface area contributed by atoms with Crippen LogP contribution >= 0.6 is 11.6 Å². The summed E-state index contributed by atoms with van der Waals surface area (Å²) in [5, 5.41) is 3.52. The molecule has 3 rings (SSSR count). The Hall–Kier alpha value is -1.15. The molecule has 0 unspecified atom stereocenters. The van der Waals surface area contributed by atoms with Crippen LogP contribution in [0.25, 0.3) is 0 Å². The van der Waals surface area contributed by atoms with Crippen LogP contribution in [0, 0.1) is 11.8 Å². The van der Waals surface area contributed by atoms with Gasteiger partial charge in [0.1, 0.15) is 0 Å². The molecule has 162 valence electrons. The molecule has 0 aliphatic carbocycles. The molecule has 1 N–H and O–H groups in total. The lowest BCUT2D eigenvalue weighted by molar-refractivity contribution is -0.126. The van der Waals surface area contributed by atoms with Gasteiger partial charge in [-0.15, -0.1) is 0 Å². The molecule has 2 saturated heterocycles. The fraction of sp³-hybridized carbons (Fsp3) is 0.667. The van der Waals surface area contributed by atoms with E-state index in [-0.39, 0.29) is 23.3 Å². The minimum Gasteiger partial charge on any atom is -0.356 e. The van der Waals surface area contributed by atoms with Gasteiger partial charge in [0.15, 0.2) is 0 Å². The largest absolute Gasteiger partial charge is 0.356 e. The van der Waals surface area contributed by atoms with Gasteiger partial charge in [-0.25, -0.2) is 8.42 Å². The zero-order valence-corrected chi connectivity index (χ0v) is 18.7. The van der Waals surface area contributed by atoms with Crippen LogP contribution in [0.5, 0.6) is 0 Å². The number of hydrogen-bond acceptors (Lipinski definition) is 4. The first-order chi connectivity index (χ1) is 13.9. The van der Waals surface area contributed by atoms with Gasteiger partial charge in [-0.3, -0.25) is 4.79 Å². The van der Waals surface area contributed by atoms with Crippen molar-refractivity contribution in [2.45, 2.75) is 43.9 Å². The second kappa shape index (κ2) is 10.2. The Balaban J connectivity index is 1.47. The number of sulfonamides is 1. The monoisotopic (exact) mass is 441 g/mol. The second-order valence-corrected chi connectivity index (χ2v) is 10.7. The van der Waals surface area contributed by atoms with Crippen molar-refractivity contribution < 1.29 is 13.2 Å². The molecule has 2 atom stereocenters. The van der Waals surface area contributed by atoms with E-state index in [1.165, 1.54) is 29.3 Å². The van der Waals surface area contributed by atoms with Crippen molar-refractivity contribution >= 4 is 27.5 Å². The van der Waals surface area contributed by atoms with E-state index in [2.05, 4.69) is 17.1 Å². The van der Waals surface area contributed by atoms with E-state index in [0.717, 1.165) is 38.4 Å². The summed E-state index contributed by atoms with van der Waals surface area (Å²) in [5.74, 6) is 0.433. The summed E-state index contributed by atoms with van der Waals surface area (Å²) in [4.78, 5) is 15.3. The van der Waals surface area contributed by atoms with Crippen molar-refractivity contribution in [2.75, 3.05) is 39.3 Å². The molecule has 1 amide bonds. The molecule has 0 bridgehead atoms. The third-order valence-corrected chi connectivity index (χ3v) is 8.03. The molecule has 6 nitrogen and oxygen atoms in total. The predicted octanol–water partition coefficient (Wildman–Crippen LogP) is 2.98. The quantitative estimate of drug-likeness (QED) is 0.660. The number of carbonyl (C=O) groups excluding carboxylic acids is 1. The van der Waals surface area contributed by atoms with Crippen LogP contribution in [0.1, 0.15) is 39.0 Å². The Kier molecular flexibility index (Phi) is 7.96. The van der Waals surface area contributed by atoms with Gasteiger partial charge in [-0.1, -0.05) is 18.5 Å². The molecule has 1 aromatic rings. The number of carbonyl (C=O) groups is 1. The molecular formula is C21H32ClN3O3S. The molecular weight excluding hydrogens is 410 g/mol. The molecule has 8 heteroatoms. The third kappa shape index (κ3) is 6.17. The Morgan fingerprint density at radius 2 is 1.86 bits per heavy atom. The van der Waals surface area contributed by atoms with Crippen LogP contribution in [0.2, 0.25) is 5.02 Å². The minimum absolute atomic E-state index is 0.0342. The lowest BCUT2D eigenvalue weighted by atomic mass is 9.99. The SMILES string of the molecule is C[C@@H]1CCCN(CCCNC(=O)[C@H]2CCCN(S(=O)(=O)c3ccc(Cl)cc3)C2)C1. The van der Waals surface area contributed by atoms with Crippen LogP contribution in [0.15, 0.2) is 29.2 Å². The van der Waals surface area contributed by atoms with Crippen LogP contribution in [-0.2, 0) is 14.8 Å². The summed E-state index contributed by atoms with van der Waals surface area (Å²) in [7, 11) is -3.60. The fourth-order valence-electron chi connectivity index (χ4n) is 4.28. The molecule has 2 aliphatic heterocycles. The van der Waals surface area contributed by atoms with Crippen molar-refractivity contribution in [2.24, 2.45) is 11.8 Å². The molecule has 0 radical (unpaired) electrons. The zero-order chi connectivity index (χ0) is 20.9. The van der Waals surface area contributed by atoms with Crippen LogP contribution in [-0.4, -0.2) is 62.8 Å². The standard InChI is InChI=1S/C21H32ClN3O3S/c1-17-5-2-12-24(15-17)13-4-11-23-21(26)18-6-3-14-25(16-18)29(27,28)20-9-7-19(22)8-10-20/h7-10,17-18H,2-6,11-16H2,1H3,(H,23,26)/t17-,18+/m1/s1. The number of halogens is 1. The summed E-state index contributed by atoms with van der Waals surface area (Å²) in [5.41, 5.74) is 0. The van der Waals surface area contributed by atoms with Crippen molar-refractivity contribution in [3.05, 3.63) is 29.3 Å². The van der Waals surface area contributed by atoms with Gasteiger partial charge in [0, 0.05) is 31.2 Å². The van der Waals surface area contributed by atoms with Crippen molar-refractivity contribution in [3.63, 3.8) is 0 Å². The molecule has 1 aromatic carbocycles. The molecule has 0 aromatic heterocycles. The van der Waals surface area contributed by atoms with Gasteiger partial charge in [0.2, 0.25) is 15.9 Å². The number of benzene rings is 1. The predicted molar refractivity (Wildman–Crippen MR) is 115 cm³/mol. The van der Waals surface area contributed by atoms with E-state index in [9.17, 15) is 13.2 Å². The summed E-state index contributed by atoms with van der Waals surface area (Å²) in [6, 6.07) is 6.18. The maximum absolute atomic E-state index is 12.9. The maximum atomic E-state index is 12.9. The van der Waals surface area contributed by atoms with Crippen LogP contribution in [0.3, 0.4) is 0 Å². The number of rotatable bonds is 7. The normalized spacial score (nSPS) is 24.3. The molecule has 2 heterocycles. The first-order valence-electron chi connectivity index (χ1n) is 10.6. The average molecular weight is 442 g/mol. The number of hydrogen-bond donors (Lipinski definition) is 1. The Labute approximate surface area is 179 Å². The van der Waals surface area contributed by atoms with Crippen LogP contribution in [0.4, 0.5) is 0 Å². The van der Waals surface area contributed by atoms with Crippen molar-refractivity contribution in [3.8, 4) is 0 Å². The highest BCUT2D eigenvalue weighted by Crippen LogP contribution is 2.25. The second-order valence-electron chi connectivity index (χ2n) is 8.35. The topological polar surface area (TPSA) is 69.7 Å². The van der Waals surface area contributed by atoms with Gasteiger partial charge in [-0.2, -0.15) is 4.31 Å². The molecule has 2 aliphatic rings. The molecule has 29 heavy (non-hydrogen) atoms. The first-order valence-corrected chi connectivity index (χ1v) is 12.4.